The lowest BCUT2D eigenvalue weighted by molar-refractivity contribution is 0.414. The summed E-state index contributed by atoms with van der Waals surface area (Å²) in [6.45, 7) is 3.97. The van der Waals surface area contributed by atoms with E-state index in [1.807, 2.05) is 0 Å². The first-order chi connectivity index (χ1) is 10.1. The molecule has 0 unspecified atom stereocenters. The standard InChI is InChI=1S/C14H18FN5O/c1-8-4-10(5-9(2)11(8)15)6-17-13-12(21-3)14(20-16)19-7-18-13/h4-5,7H,6,16H2,1-3H3,(H2,17,18,19,20). The average molecular weight is 291 g/mol. The number of rotatable bonds is 5. The first kappa shape index (κ1) is 15.0. The number of nitrogens with one attached hydrogen (secondary N) is 2. The first-order valence-corrected chi connectivity index (χ1v) is 6.42. The second-order valence-corrected chi connectivity index (χ2v) is 4.65. The second-order valence-electron chi connectivity index (χ2n) is 4.65. The second kappa shape index (κ2) is 6.36. The zero-order chi connectivity index (χ0) is 15.4. The molecule has 0 atom stereocenters. The van der Waals surface area contributed by atoms with E-state index < -0.39 is 0 Å². The lowest BCUT2D eigenvalue weighted by Gasteiger charge is -2.13. The predicted octanol–water partition coefficient (Wildman–Crippen LogP) is 2.14. The predicted molar refractivity (Wildman–Crippen MR) is 79.6 cm³/mol. The SMILES string of the molecule is COc1c(NN)ncnc1NCc1cc(C)c(F)c(C)c1. The van der Waals surface area contributed by atoms with Crippen LogP contribution in [-0.2, 0) is 6.54 Å². The highest BCUT2D eigenvalue weighted by Crippen LogP contribution is 2.28. The fourth-order valence-corrected chi connectivity index (χ4v) is 2.12. The number of anilines is 2. The van der Waals surface area contributed by atoms with E-state index in [9.17, 15) is 4.39 Å². The Hall–Kier alpha value is -2.41. The molecule has 6 nitrogen and oxygen atoms in total. The van der Waals surface area contributed by atoms with Gasteiger partial charge in [-0.15, -0.1) is 0 Å². The Morgan fingerprint density at radius 1 is 1.19 bits per heavy atom. The van der Waals surface area contributed by atoms with Gasteiger partial charge in [-0.3, -0.25) is 0 Å². The summed E-state index contributed by atoms with van der Waals surface area (Å²) in [5, 5.41) is 3.13. The maximum absolute atomic E-state index is 13.6. The summed E-state index contributed by atoms with van der Waals surface area (Å²) in [5.74, 6) is 6.53. The van der Waals surface area contributed by atoms with Crippen LogP contribution in [0.4, 0.5) is 16.0 Å². The number of hydrogen-bond donors (Lipinski definition) is 3. The molecule has 0 bridgehead atoms. The molecule has 0 aliphatic heterocycles. The van der Waals surface area contributed by atoms with Crippen molar-refractivity contribution < 1.29 is 9.13 Å². The van der Waals surface area contributed by atoms with E-state index in [1.54, 1.807) is 26.0 Å². The lowest BCUT2D eigenvalue weighted by Crippen LogP contribution is -2.12. The Morgan fingerprint density at radius 3 is 2.38 bits per heavy atom. The number of ether oxygens (including phenoxy) is 1. The number of nitrogens with zero attached hydrogens (tertiary/aromatic N) is 2. The fourth-order valence-electron chi connectivity index (χ4n) is 2.12. The highest BCUT2D eigenvalue weighted by atomic mass is 19.1. The Balaban J connectivity index is 2.20. The van der Waals surface area contributed by atoms with Crippen molar-refractivity contribution in [1.29, 1.82) is 0 Å². The van der Waals surface area contributed by atoms with E-state index >= 15 is 0 Å². The molecular weight excluding hydrogens is 273 g/mol. The molecule has 0 saturated heterocycles. The van der Waals surface area contributed by atoms with Crippen LogP contribution in [0.3, 0.4) is 0 Å². The van der Waals surface area contributed by atoms with Crippen molar-refractivity contribution in [2.75, 3.05) is 17.9 Å². The van der Waals surface area contributed by atoms with Crippen LogP contribution < -0.4 is 21.3 Å². The van der Waals surface area contributed by atoms with Crippen molar-refractivity contribution in [2.24, 2.45) is 5.84 Å². The molecule has 1 aromatic heterocycles. The Kier molecular flexibility index (Phi) is 4.54. The van der Waals surface area contributed by atoms with Gasteiger partial charge in [0.25, 0.3) is 0 Å². The van der Waals surface area contributed by atoms with E-state index in [2.05, 4.69) is 20.7 Å². The third-order valence-corrected chi connectivity index (χ3v) is 3.10. The number of nitrogens with two attached hydrogens (primary N) is 1. The average Bonchev–Trinajstić information content (AvgIpc) is 2.49. The smallest absolute Gasteiger partial charge is 0.205 e. The van der Waals surface area contributed by atoms with Crippen LogP contribution in [0.15, 0.2) is 18.5 Å². The third-order valence-electron chi connectivity index (χ3n) is 3.10. The molecule has 1 aromatic carbocycles. The number of hydrogen-bond acceptors (Lipinski definition) is 6. The van der Waals surface area contributed by atoms with Crippen LogP contribution in [0, 0.1) is 19.7 Å². The van der Waals surface area contributed by atoms with Gasteiger partial charge in [0.15, 0.2) is 11.6 Å². The van der Waals surface area contributed by atoms with Crippen molar-refractivity contribution in [3.05, 3.63) is 41.0 Å². The van der Waals surface area contributed by atoms with Gasteiger partial charge in [-0.2, -0.15) is 0 Å². The molecule has 0 radical (unpaired) electrons. The highest BCUT2D eigenvalue weighted by molar-refractivity contribution is 5.63. The van der Waals surface area contributed by atoms with Crippen LogP contribution in [0.1, 0.15) is 16.7 Å². The molecule has 2 rings (SSSR count). The molecule has 0 aliphatic rings. The van der Waals surface area contributed by atoms with Crippen molar-refractivity contribution in [3.63, 3.8) is 0 Å². The van der Waals surface area contributed by atoms with E-state index in [0.29, 0.717) is 35.1 Å². The molecule has 0 aliphatic carbocycles. The quantitative estimate of drug-likeness (QED) is 0.578. The lowest BCUT2D eigenvalue weighted by atomic mass is 10.1. The Bertz CT molecular complexity index is 624. The van der Waals surface area contributed by atoms with E-state index in [4.69, 9.17) is 10.6 Å². The molecule has 0 saturated carbocycles. The summed E-state index contributed by atoms with van der Waals surface area (Å²) < 4.78 is 18.8. The van der Waals surface area contributed by atoms with Gasteiger partial charge in [0.05, 0.1) is 7.11 Å². The molecule has 2 aromatic rings. The zero-order valence-electron chi connectivity index (χ0n) is 12.2. The summed E-state index contributed by atoms with van der Waals surface area (Å²) in [5.41, 5.74) is 4.63. The van der Waals surface area contributed by atoms with Crippen LogP contribution in [0.2, 0.25) is 0 Å². The highest BCUT2D eigenvalue weighted by Gasteiger charge is 2.11. The number of methoxy groups -OCH3 is 1. The van der Waals surface area contributed by atoms with Crippen LogP contribution >= 0.6 is 0 Å². The Labute approximate surface area is 122 Å². The van der Waals surface area contributed by atoms with Gasteiger partial charge in [0.1, 0.15) is 12.1 Å². The summed E-state index contributed by atoms with van der Waals surface area (Å²) in [6, 6.07) is 3.59. The number of halogens is 1. The molecule has 112 valence electrons. The number of nitrogen functional groups attached to an aromatic ring is 1. The maximum atomic E-state index is 13.6. The van der Waals surface area contributed by atoms with Gasteiger partial charge in [-0.05, 0) is 30.5 Å². The van der Waals surface area contributed by atoms with E-state index in [0.717, 1.165) is 5.56 Å². The van der Waals surface area contributed by atoms with Gasteiger partial charge in [0, 0.05) is 6.54 Å². The van der Waals surface area contributed by atoms with Crippen LogP contribution in [0.5, 0.6) is 5.75 Å². The normalized spacial score (nSPS) is 10.3. The molecule has 4 N–H and O–H groups in total. The molecule has 0 fully saturated rings. The molecule has 0 amide bonds. The van der Waals surface area contributed by atoms with Crippen molar-refractivity contribution >= 4 is 11.6 Å². The van der Waals surface area contributed by atoms with Crippen LogP contribution in [0.25, 0.3) is 0 Å². The molecule has 0 spiro atoms. The molecule has 7 heteroatoms. The fraction of sp³-hybridized carbons (Fsp3) is 0.286. The number of aryl methyl sites for hydroxylation is 2. The molecule has 21 heavy (non-hydrogen) atoms. The summed E-state index contributed by atoms with van der Waals surface area (Å²) in [7, 11) is 1.51. The van der Waals surface area contributed by atoms with Gasteiger partial charge in [0.2, 0.25) is 5.75 Å². The first-order valence-electron chi connectivity index (χ1n) is 6.42. The number of hydrazine groups is 1. The number of aromatic nitrogens is 2. The van der Waals surface area contributed by atoms with Gasteiger partial charge in [-0.25, -0.2) is 20.2 Å². The topological polar surface area (TPSA) is 85.1 Å². The minimum atomic E-state index is -0.173. The third kappa shape index (κ3) is 3.19. The van der Waals surface area contributed by atoms with Gasteiger partial charge in [-0.1, -0.05) is 12.1 Å². The Morgan fingerprint density at radius 2 is 1.81 bits per heavy atom. The number of benzene rings is 1. The minimum absolute atomic E-state index is 0.173. The monoisotopic (exact) mass is 291 g/mol. The van der Waals surface area contributed by atoms with Crippen molar-refractivity contribution in [1.82, 2.24) is 9.97 Å². The summed E-state index contributed by atoms with van der Waals surface area (Å²) >= 11 is 0. The molecule has 1 heterocycles. The van der Waals surface area contributed by atoms with Crippen LogP contribution in [-0.4, -0.2) is 17.1 Å². The van der Waals surface area contributed by atoms with Gasteiger partial charge < -0.3 is 15.5 Å². The van der Waals surface area contributed by atoms with Crippen molar-refractivity contribution in [3.8, 4) is 5.75 Å². The van der Waals surface area contributed by atoms with Gasteiger partial charge >= 0.3 is 0 Å². The maximum Gasteiger partial charge on any atom is 0.205 e. The summed E-state index contributed by atoms with van der Waals surface area (Å²) in [6.07, 6.45) is 1.38. The van der Waals surface area contributed by atoms with E-state index in [-0.39, 0.29) is 5.82 Å². The minimum Gasteiger partial charge on any atom is -0.490 e. The van der Waals surface area contributed by atoms with E-state index in [1.165, 1.54) is 13.4 Å². The zero-order valence-corrected chi connectivity index (χ0v) is 12.2. The summed E-state index contributed by atoms with van der Waals surface area (Å²) in [4.78, 5) is 8.08. The molecular formula is C14H18FN5O. The largest absolute Gasteiger partial charge is 0.490 e. The van der Waals surface area contributed by atoms with Crippen molar-refractivity contribution in [2.45, 2.75) is 20.4 Å².